The Morgan fingerprint density at radius 3 is 2.78 bits per heavy atom. The van der Waals surface area contributed by atoms with E-state index in [-0.39, 0.29) is 37.7 Å². The Balaban J connectivity index is 1.44. The standard InChI is InChI=1S/C26H40F2N4O4/c1-18(36-2)17-32(12-4-3-7-21-9-8-20-6-5-11-29-24(20)30-21)13-10-22(25(34)35)31-23(33)14-19-15-26(27,28)16-19/h8-9,18-19,22H,3-7,10-17H2,1-2H3,(H,29,30)(H,31,33)(H,34,35). The number of hydrogen-bond acceptors (Lipinski definition) is 6. The predicted octanol–water partition coefficient (Wildman–Crippen LogP) is 3.49. The van der Waals surface area contributed by atoms with Crippen LogP contribution in [-0.2, 0) is 27.2 Å². The monoisotopic (exact) mass is 510 g/mol. The summed E-state index contributed by atoms with van der Waals surface area (Å²) in [6, 6.07) is 3.21. The summed E-state index contributed by atoms with van der Waals surface area (Å²) in [5, 5.41) is 15.5. The van der Waals surface area contributed by atoms with Crippen molar-refractivity contribution in [3.8, 4) is 0 Å². The Morgan fingerprint density at radius 1 is 1.31 bits per heavy atom. The summed E-state index contributed by atoms with van der Waals surface area (Å²) in [5.74, 6) is -3.67. The third-order valence-corrected chi connectivity index (χ3v) is 7.04. The van der Waals surface area contributed by atoms with Crippen LogP contribution in [0, 0.1) is 5.92 Å². The van der Waals surface area contributed by atoms with Gasteiger partial charge in [0.15, 0.2) is 0 Å². The van der Waals surface area contributed by atoms with Crippen LogP contribution in [0.25, 0.3) is 0 Å². The molecular weight excluding hydrogens is 470 g/mol. The summed E-state index contributed by atoms with van der Waals surface area (Å²) in [7, 11) is 1.64. The number of methoxy groups -OCH3 is 1. The van der Waals surface area contributed by atoms with E-state index in [4.69, 9.17) is 9.72 Å². The molecule has 0 radical (unpaired) electrons. The van der Waals surface area contributed by atoms with Gasteiger partial charge in [0.1, 0.15) is 11.9 Å². The highest BCUT2D eigenvalue weighted by Crippen LogP contribution is 2.43. The van der Waals surface area contributed by atoms with Gasteiger partial charge in [-0.05, 0) is 69.5 Å². The predicted molar refractivity (Wildman–Crippen MR) is 133 cm³/mol. The number of aliphatic carboxylic acids is 1. The lowest BCUT2D eigenvalue weighted by Gasteiger charge is -2.34. The van der Waals surface area contributed by atoms with E-state index in [0.717, 1.165) is 56.7 Å². The molecule has 2 heterocycles. The summed E-state index contributed by atoms with van der Waals surface area (Å²) in [5.41, 5.74) is 2.34. The summed E-state index contributed by atoms with van der Waals surface area (Å²) in [6.45, 7) is 4.82. The third-order valence-electron chi connectivity index (χ3n) is 7.04. The fourth-order valence-corrected chi connectivity index (χ4v) is 4.90. The summed E-state index contributed by atoms with van der Waals surface area (Å²) in [6.07, 6.45) is 4.49. The number of alkyl halides is 2. The van der Waals surface area contributed by atoms with Gasteiger partial charge in [0, 0.05) is 51.7 Å². The van der Waals surface area contributed by atoms with Gasteiger partial charge in [0.2, 0.25) is 11.8 Å². The van der Waals surface area contributed by atoms with Gasteiger partial charge in [-0.15, -0.1) is 0 Å². The molecule has 36 heavy (non-hydrogen) atoms. The number of carbonyl (C=O) groups is 2. The largest absolute Gasteiger partial charge is 0.480 e. The molecule has 2 aliphatic rings. The lowest BCUT2D eigenvalue weighted by atomic mass is 9.79. The molecule has 202 valence electrons. The van der Waals surface area contributed by atoms with Crippen LogP contribution in [-0.4, -0.2) is 78.2 Å². The Bertz CT molecular complexity index is 878. The molecule has 3 rings (SSSR count). The number of carbonyl (C=O) groups excluding carboxylic acids is 1. The number of nitrogens with one attached hydrogen (secondary N) is 2. The Morgan fingerprint density at radius 2 is 2.08 bits per heavy atom. The van der Waals surface area contributed by atoms with Crippen LogP contribution < -0.4 is 10.6 Å². The average molecular weight is 511 g/mol. The molecule has 2 atom stereocenters. The minimum absolute atomic E-state index is 0.0171. The molecule has 0 bridgehead atoms. The quantitative estimate of drug-likeness (QED) is 0.310. The molecule has 10 heteroatoms. The first-order chi connectivity index (χ1) is 17.1. The number of fused-ring (bicyclic) bond motifs is 1. The number of rotatable bonds is 15. The van der Waals surface area contributed by atoms with E-state index in [1.54, 1.807) is 7.11 Å². The van der Waals surface area contributed by atoms with Crippen molar-refractivity contribution >= 4 is 17.7 Å². The molecule has 2 unspecified atom stereocenters. The second kappa shape index (κ2) is 13.3. The zero-order valence-electron chi connectivity index (χ0n) is 21.4. The van der Waals surface area contributed by atoms with Crippen LogP contribution in [0.15, 0.2) is 12.1 Å². The number of halogens is 2. The van der Waals surface area contributed by atoms with E-state index in [2.05, 4.69) is 27.7 Å². The number of aryl methyl sites for hydroxylation is 2. The number of aromatic nitrogens is 1. The first kappa shape index (κ1) is 28.2. The van der Waals surface area contributed by atoms with Gasteiger partial charge in [-0.2, -0.15) is 0 Å². The first-order valence-electron chi connectivity index (χ1n) is 13.0. The molecule has 1 amide bonds. The van der Waals surface area contributed by atoms with Crippen molar-refractivity contribution in [2.24, 2.45) is 5.92 Å². The Labute approximate surface area is 212 Å². The molecular formula is C26H40F2N4O4. The van der Waals surface area contributed by atoms with Crippen molar-refractivity contribution in [2.45, 2.75) is 82.8 Å². The molecule has 0 saturated heterocycles. The number of amides is 1. The third kappa shape index (κ3) is 8.96. The van der Waals surface area contributed by atoms with E-state index in [1.807, 2.05) is 6.92 Å². The number of hydrogen-bond donors (Lipinski definition) is 3. The Hall–Kier alpha value is -2.33. The molecule has 1 aromatic heterocycles. The lowest BCUT2D eigenvalue weighted by Crippen LogP contribution is -2.46. The lowest BCUT2D eigenvalue weighted by molar-refractivity contribution is -0.144. The number of carboxylic acids is 1. The topological polar surface area (TPSA) is 104 Å². The van der Waals surface area contributed by atoms with Gasteiger partial charge < -0.3 is 25.4 Å². The molecule has 8 nitrogen and oxygen atoms in total. The highest BCUT2D eigenvalue weighted by Gasteiger charge is 2.45. The average Bonchev–Trinajstić information content (AvgIpc) is 2.82. The molecule has 1 fully saturated rings. The van der Waals surface area contributed by atoms with Crippen molar-refractivity contribution in [1.29, 1.82) is 0 Å². The van der Waals surface area contributed by atoms with Gasteiger partial charge in [-0.25, -0.2) is 18.6 Å². The normalized spacial score (nSPS) is 18.6. The maximum Gasteiger partial charge on any atom is 0.326 e. The fourth-order valence-electron chi connectivity index (χ4n) is 4.90. The number of unbranched alkanes of at least 4 members (excludes halogenated alkanes) is 1. The summed E-state index contributed by atoms with van der Waals surface area (Å²) < 4.78 is 31.4. The van der Waals surface area contributed by atoms with Crippen LogP contribution in [0.4, 0.5) is 14.6 Å². The maximum absolute atomic E-state index is 13.0. The molecule has 1 saturated carbocycles. The minimum Gasteiger partial charge on any atom is -0.480 e. The molecule has 0 aromatic carbocycles. The molecule has 1 aliphatic carbocycles. The van der Waals surface area contributed by atoms with E-state index in [0.29, 0.717) is 13.1 Å². The first-order valence-corrected chi connectivity index (χ1v) is 13.0. The van der Waals surface area contributed by atoms with Crippen molar-refractivity contribution in [3.05, 3.63) is 23.4 Å². The number of ether oxygens (including phenoxy) is 1. The van der Waals surface area contributed by atoms with E-state index < -0.39 is 23.8 Å². The van der Waals surface area contributed by atoms with Crippen molar-refractivity contribution in [1.82, 2.24) is 15.2 Å². The molecule has 3 N–H and O–H groups in total. The van der Waals surface area contributed by atoms with Crippen molar-refractivity contribution in [2.75, 3.05) is 38.6 Å². The smallest absolute Gasteiger partial charge is 0.326 e. The van der Waals surface area contributed by atoms with E-state index >= 15 is 0 Å². The van der Waals surface area contributed by atoms with Crippen LogP contribution >= 0.6 is 0 Å². The van der Waals surface area contributed by atoms with Crippen LogP contribution in [0.5, 0.6) is 0 Å². The van der Waals surface area contributed by atoms with Crippen LogP contribution in [0.2, 0.25) is 0 Å². The van der Waals surface area contributed by atoms with Gasteiger partial charge in [-0.3, -0.25) is 4.79 Å². The molecule has 1 aromatic rings. The maximum atomic E-state index is 13.0. The number of pyridine rings is 1. The zero-order valence-corrected chi connectivity index (χ0v) is 21.4. The SMILES string of the molecule is COC(C)CN(CCCCc1ccc2c(n1)NCCC2)CCC(NC(=O)CC1CC(F)(F)C1)C(=O)O. The highest BCUT2D eigenvalue weighted by molar-refractivity contribution is 5.83. The second-order valence-electron chi connectivity index (χ2n) is 10.2. The number of anilines is 1. The molecule has 0 spiro atoms. The Kier molecular flexibility index (Phi) is 10.4. The van der Waals surface area contributed by atoms with Gasteiger partial charge in [0.25, 0.3) is 0 Å². The fraction of sp³-hybridized carbons (Fsp3) is 0.731. The van der Waals surface area contributed by atoms with Gasteiger partial charge in [0.05, 0.1) is 6.10 Å². The zero-order chi connectivity index (χ0) is 26.1. The van der Waals surface area contributed by atoms with E-state index in [1.165, 1.54) is 5.56 Å². The van der Waals surface area contributed by atoms with E-state index in [9.17, 15) is 23.5 Å². The van der Waals surface area contributed by atoms with Crippen molar-refractivity contribution in [3.63, 3.8) is 0 Å². The highest BCUT2D eigenvalue weighted by atomic mass is 19.3. The molecule has 1 aliphatic heterocycles. The van der Waals surface area contributed by atoms with Crippen molar-refractivity contribution < 1.29 is 28.2 Å². The summed E-state index contributed by atoms with van der Waals surface area (Å²) in [4.78, 5) is 30.8. The van der Waals surface area contributed by atoms with Gasteiger partial charge in [-0.1, -0.05) is 6.07 Å². The van der Waals surface area contributed by atoms with Crippen LogP contribution in [0.3, 0.4) is 0 Å². The summed E-state index contributed by atoms with van der Waals surface area (Å²) >= 11 is 0. The second-order valence-corrected chi connectivity index (χ2v) is 10.2. The number of carboxylic acid groups (broad SMARTS) is 1. The van der Waals surface area contributed by atoms with Crippen LogP contribution in [0.1, 0.15) is 63.1 Å². The number of nitrogens with zero attached hydrogens (tertiary/aromatic N) is 2. The van der Waals surface area contributed by atoms with Gasteiger partial charge >= 0.3 is 5.97 Å². The minimum atomic E-state index is -2.69.